The number of pyridine rings is 1. The maximum atomic E-state index is 13.3. The fourth-order valence-corrected chi connectivity index (χ4v) is 4.36. The van der Waals surface area contributed by atoms with Crippen LogP contribution in [0.15, 0.2) is 78.6 Å². The number of aliphatic hydroxyl groups is 1. The molecule has 182 valence electrons. The van der Waals surface area contributed by atoms with Gasteiger partial charge in [0.25, 0.3) is 5.78 Å². The number of fused-ring (bicyclic) bond motifs is 1. The number of benzene rings is 2. The Morgan fingerprint density at radius 2 is 1.86 bits per heavy atom. The third-order valence-corrected chi connectivity index (χ3v) is 6.19. The summed E-state index contributed by atoms with van der Waals surface area (Å²) in [6.45, 7) is 2.75. The van der Waals surface area contributed by atoms with Crippen LogP contribution in [0.3, 0.4) is 0 Å². The van der Waals surface area contributed by atoms with Crippen molar-refractivity contribution in [3.63, 3.8) is 0 Å². The molecule has 8 nitrogen and oxygen atoms in total. The average molecular weight is 483 g/mol. The molecule has 0 radical (unpaired) electrons. The van der Waals surface area contributed by atoms with E-state index in [0.717, 1.165) is 24.8 Å². The summed E-state index contributed by atoms with van der Waals surface area (Å²) in [6.07, 6.45) is 6.36. The van der Waals surface area contributed by atoms with Crippen LogP contribution >= 0.6 is 0 Å². The number of amides is 1. The number of ketones is 1. The molecule has 1 amide bonds. The number of hydrogen-bond acceptors (Lipinski definition) is 6. The van der Waals surface area contributed by atoms with Gasteiger partial charge in [0.2, 0.25) is 5.95 Å². The summed E-state index contributed by atoms with van der Waals surface area (Å²) < 4.78 is 5.75. The number of nitrogens with one attached hydrogen (secondary N) is 1. The normalized spacial score (nSPS) is 17.1. The molecule has 5 rings (SSSR count). The Bertz CT molecular complexity index is 1390. The molecule has 1 aliphatic heterocycles. The predicted octanol–water partition coefficient (Wildman–Crippen LogP) is 5.15. The first-order valence-corrected chi connectivity index (χ1v) is 12.0. The zero-order valence-electron chi connectivity index (χ0n) is 19.8. The van der Waals surface area contributed by atoms with Crippen LogP contribution in [0, 0.1) is 0 Å². The van der Waals surface area contributed by atoms with Crippen molar-refractivity contribution in [3.8, 4) is 5.75 Å². The van der Waals surface area contributed by atoms with Gasteiger partial charge in [0.15, 0.2) is 0 Å². The highest BCUT2D eigenvalue weighted by atomic mass is 16.5. The number of hydrogen-bond donors (Lipinski definition) is 2. The third-order valence-electron chi connectivity index (χ3n) is 6.19. The van der Waals surface area contributed by atoms with Gasteiger partial charge >= 0.3 is 5.91 Å². The number of carbonyl (C=O) groups excluding carboxylic acids is 2. The molecular formula is C28H26N4O4. The third kappa shape index (κ3) is 4.33. The summed E-state index contributed by atoms with van der Waals surface area (Å²) in [7, 11) is 0. The lowest BCUT2D eigenvalue weighted by atomic mass is 9.96. The number of H-pyrrole nitrogens is 1. The standard InChI is InChI=1S/C28H26N4O4/c1-2-3-6-16-36-20-13-11-18(12-14-20)25(33)23-24(19-8-7-15-29-17-19)32(27(35)26(23)34)28-30-21-9-4-5-10-22(21)31-28/h4-5,7-15,17,24,33H,2-3,6,16H2,1H3,(H,30,31)/b25-23+. The van der Waals surface area contributed by atoms with Crippen molar-refractivity contribution in [2.75, 3.05) is 11.5 Å². The first-order chi connectivity index (χ1) is 17.6. The van der Waals surface area contributed by atoms with Gasteiger partial charge in [-0.3, -0.25) is 19.5 Å². The number of para-hydroxylation sites is 2. The largest absolute Gasteiger partial charge is 0.507 e. The van der Waals surface area contributed by atoms with E-state index >= 15 is 0 Å². The zero-order chi connectivity index (χ0) is 25.1. The number of carbonyl (C=O) groups is 2. The SMILES string of the molecule is CCCCCOc1ccc(/C(O)=C2\C(=O)C(=O)N(c3nc4ccccc4[nH]3)C2c2cccnc2)cc1. The molecule has 3 heterocycles. The van der Waals surface area contributed by atoms with Gasteiger partial charge in [0.05, 0.1) is 29.3 Å². The van der Waals surface area contributed by atoms with Crippen LogP contribution in [0.25, 0.3) is 16.8 Å². The number of aromatic amines is 1. The molecule has 1 unspecified atom stereocenters. The topological polar surface area (TPSA) is 108 Å². The average Bonchev–Trinajstić information content (AvgIpc) is 3.45. The van der Waals surface area contributed by atoms with Crippen LogP contribution < -0.4 is 9.64 Å². The summed E-state index contributed by atoms with van der Waals surface area (Å²) in [5.74, 6) is -0.934. The molecule has 1 fully saturated rings. The number of nitrogens with zero attached hydrogens (tertiary/aromatic N) is 3. The first kappa shape index (κ1) is 23.3. The van der Waals surface area contributed by atoms with Crippen molar-refractivity contribution in [2.45, 2.75) is 32.2 Å². The van der Waals surface area contributed by atoms with Crippen molar-refractivity contribution in [3.05, 3.63) is 89.8 Å². The van der Waals surface area contributed by atoms with E-state index in [1.54, 1.807) is 48.8 Å². The molecule has 1 aliphatic rings. The van der Waals surface area contributed by atoms with E-state index in [1.807, 2.05) is 24.3 Å². The molecule has 4 aromatic rings. The van der Waals surface area contributed by atoms with Crippen LogP contribution in [0.1, 0.15) is 43.4 Å². The van der Waals surface area contributed by atoms with E-state index in [-0.39, 0.29) is 17.3 Å². The quantitative estimate of drug-likeness (QED) is 0.156. The summed E-state index contributed by atoms with van der Waals surface area (Å²) in [5.41, 5.74) is 2.36. The van der Waals surface area contributed by atoms with E-state index in [2.05, 4.69) is 21.9 Å². The minimum atomic E-state index is -0.899. The first-order valence-electron chi connectivity index (χ1n) is 12.0. The van der Waals surface area contributed by atoms with Crippen LogP contribution in [0.5, 0.6) is 5.75 Å². The zero-order valence-corrected chi connectivity index (χ0v) is 19.8. The van der Waals surface area contributed by atoms with E-state index in [1.165, 1.54) is 4.90 Å². The minimum Gasteiger partial charge on any atom is -0.507 e. The van der Waals surface area contributed by atoms with E-state index < -0.39 is 17.7 Å². The Balaban J connectivity index is 1.55. The van der Waals surface area contributed by atoms with Gasteiger partial charge in [-0.15, -0.1) is 0 Å². The number of unbranched alkanes of at least 4 members (excludes halogenated alkanes) is 2. The summed E-state index contributed by atoms with van der Waals surface area (Å²) in [5, 5.41) is 11.3. The lowest BCUT2D eigenvalue weighted by Crippen LogP contribution is -2.30. The number of imidazole rings is 1. The predicted molar refractivity (Wildman–Crippen MR) is 137 cm³/mol. The van der Waals surface area contributed by atoms with Crippen molar-refractivity contribution in [1.82, 2.24) is 15.0 Å². The number of aliphatic hydroxyl groups excluding tert-OH is 1. The Morgan fingerprint density at radius 3 is 2.58 bits per heavy atom. The molecule has 0 spiro atoms. The van der Waals surface area contributed by atoms with Gasteiger partial charge < -0.3 is 14.8 Å². The van der Waals surface area contributed by atoms with Crippen molar-refractivity contribution in [1.29, 1.82) is 0 Å². The van der Waals surface area contributed by atoms with Gasteiger partial charge in [0.1, 0.15) is 11.5 Å². The highest BCUT2D eigenvalue weighted by molar-refractivity contribution is 6.51. The molecule has 1 atom stereocenters. The number of rotatable bonds is 8. The van der Waals surface area contributed by atoms with Crippen LogP contribution in [-0.2, 0) is 9.59 Å². The summed E-state index contributed by atoms with van der Waals surface area (Å²) in [6, 6.07) is 16.8. The number of aromatic nitrogens is 3. The van der Waals surface area contributed by atoms with Gasteiger partial charge in [-0.05, 0) is 54.4 Å². The summed E-state index contributed by atoms with van der Waals surface area (Å²) in [4.78, 5) is 39.7. The number of ether oxygens (including phenoxy) is 1. The highest BCUT2D eigenvalue weighted by Crippen LogP contribution is 2.41. The molecule has 0 saturated carbocycles. The second kappa shape index (κ2) is 10.0. The maximum absolute atomic E-state index is 13.3. The van der Waals surface area contributed by atoms with Crippen LogP contribution in [0.4, 0.5) is 5.95 Å². The van der Waals surface area contributed by atoms with Crippen molar-refractivity contribution in [2.24, 2.45) is 0 Å². The van der Waals surface area contributed by atoms with Gasteiger partial charge in [0, 0.05) is 18.0 Å². The van der Waals surface area contributed by atoms with E-state index in [9.17, 15) is 14.7 Å². The highest BCUT2D eigenvalue weighted by Gasteiger charge is 2.48. The molecule has 8 heteroatoms. The second-order valence-corrected chi connectivity index (χ2v) is 8.61. The number of anilines is 1. The lowest BCUT2D eigenvalue weighted by molar-refractivity contribution is -0.132. The van der Waals surface area contributed by atoms with Crippen LogP contribution in [-0.4, -0.2) is 38.4 Å². The molecule has 0 bridgehead atoms. The fourth-order valence-electron chi connectivity index (χ4n) is 4.36. The Morgan fingerprint density at radius 1 is 1.06 bits per heavy atom. The molecule has 36 heavy (non-hydrogen) atoms. The van der Waals surface area contributed by atoms with Crippen LogP contribution in [0.2, 0.25) is 0 Å². The van der Waals surface area contributed by atoms with E-state index in [4.69, 9.17) is 4.74 Å². The molecule has 0 aliphatic carbocycles. The lowest BCUT2D eigenvalue weighted by Gasteiger charge is -2.22. The Labute approximate surface area is 208 Å². The molecular weight excluding hydrogens is 456 g/mol. The summed E-state index contributed by atoms with van der Waals surface area (Å²) >= 11 is 0. The smallest absolute Gasteiger partial charge is 0.302 e. The van der Waals surface area contributed by atoms with Gasteiger partial charge in [-0.2, -0.15) is 0 Å². The molecule has 2 aromatic carbocycles. The molecule has 1 saturated heterocycles. The van der Waals surface area contributed by atoms with Crippen molar-refractivity contribution >= 4 is 34.4 Å². The maximum Gasteiger partial charge on any atom is 0.302 e. The van der Waals surface area contributed by atoms with Gasteiger partial charge in [-0.1, -0.05) is 38.0 Å². The Hall–Kier alpha value is -4.46. The van der Waals surface area contributed by atoms with Gasteiger partial charge in [-0.25, -0.2) is 4.98 Å². The molecule has 2 aromatic heterocycles. The monoisotopic (exact) mass is 482 g/mol. The second-order valence-electron chi connectivity index (χ2n) is 8.61. The number of Topliss-reactive ketones (excluding diaryl/α,β-unsaturated/α-hetero) is 1. The Kier molecular flexibility index (Phi) is 6.49. The van der Waals surface area contributed by atoms with E-state index in [0.29, 0.717) is 29.0 Å². The molecule has 2 N–H and O–H groups in total. The fraction of sp³-hybridized carbons (Fsp3) is 0.214. The van der Waals surface area contributed by atoms with Crippen molar-refractivity contribution < 1.29 is 19.4 Å². The minimum absolute atomic E-state index is 0.0231.